The van der Waals surface area contributed by atoms with Gasteiger partial charge >= 0.3 is 5.97 Å². The summed E-state index contributed by atoms with van der Waals surface area (Å²) in [6.07, 6.45) is 1.92. The van der Waals surface area contributed by atoms with E-state index in [9.17, 15) is 9.59 Å². The van der Waals surface area contributed by atoms with Crippen LogP contribution < -0.4 is 5.32 Å². The Hall–Kier alpha value is -3.03. The number of carboxylic acid groups (broad SMARTS) is 1. The summed E-state index contributed by atoms with van der Waals surface area (Å²) in [6, 6.07) is 18.0. The Morgan fingerprint density at radius 1 is 1.09 bits per heavy atom. The van der Waals surface area contributed by atoms with Crippen LogP contribution in [-0.2, 0) is 38.4 Å². The molecule has 1 amide bonds. The smallest absolute Gasteiger partial charge is 0.335 e. The molecule has 0 aromatic heterocycles. The standard InChI is InChI=1S/C27H34N2O5/c1-27(2,26(31)32)34-15-13-28-24-12-14-33-19-23(24)16-20-8-10-21(11-9-20)17-25(30)29-18-22-6-4-3-5-7-22/h3-11,23H,12-19H2,1-2H3,(H,29,30)(H,31,32)/b28-24+. The molecule has 2 N–H and O–H groups in total. The Bertz CT molecular complexity index is 970. The molecule has 0 radical (unpaired) electrons. The number of nitrogens with zero attached hydrogens (tertiary/aromatic N) is 1. The topological polar surface area (TPSA) is 97.2 Å². The molecule has 1 fully saturated rings. The Morgan fingerprint density at radius 2 is 1.79 bits per heavy atom. The second-order valence-electron chi connectivity index (χ2n) is 9.02. The van der Waals surface area contributed by atoms with Crippen LogP contribution in [0.15, 0.2) is 59.6 Å². The third-order valence-corrected chi connectivity index (χ3v) is 5.88. The van der Waals surface area contributed by atoms with Crippen molar-refractivity contribution in [1.82, 2.24) is 5.32 Å². The molecular formula is C27H34N2O5. The lowest BCUT2D eigenvalue weighted by Gasteiger charge is -2.25. The van der Waals surface area contributed by atoms with Gasteiger partial charge in [-0.1, -0.05) is 54.6 Å². The second-order valence-corrected chi connectivity index (χ2v) is 9.02. The van der Waals surface area contributed by atoms with Crippen LogP contribution in [0, 0.1) is 5.92 Å². The monoisotopic (exact) mass is 466 g/mol. The Morgan fingerprint density at radius 3 is 2.50 bits per heavy atom. The van der Waals surface area contributed by atoms with Crippen molar-refractivity contribution in [1.29, 1.82) is 0 Å². The van der Waals surface area contributed by atoms with Crippen molar-refractivity contribution in [3.8, 4) is 0 Å². The largest absolute Gasteiger partial charge is 0.479 e. The third kappa shape index (κ3) is 8.08. The quantitative estimate of drug-likeness (QED) is 0.495. The average molecular weight is 467 g/mol. The first-order valence-electron chi connectivity index (χ1n) is 11.7. The molecule has 2 aromatic rings. The molecule has 0 aliphatic carbocycles. The number of ether oxygens (including phenoxy) is 2. The van der Waals surface area contributed by atoms with Crippen molar-refractivity contribution in [2.24, 2.45) is 10.9 Å². The molecule has 1 saturated heterocycles. The number of hydrogen-bond donors (Lipinski definition) is 2. The lowest BCUT2D eigenvalue weighted by Crippen LogP contribution is -2.35. The highest BCUT2D eigenvalue weighted by Gasteiger charge is 2.27. The minimum Gasteiger partial charge on any atom is -0.479 e. The van der Waals surface area contributed by atoms with Crippen molar-refractivity contribution in [2.75, 3.05) is 26.4 Å². The molecule has 0 bridgehead atoms. The Labute approximate surface area is 201 Å². The van der Waals surface area contributed by atoms with Crippen LogP contribution in [0.4, 0.5) is 0 Å². The van der Waals surface area contributed by atoms with Crippen LogP contribution in [0.2, 0.25) is 0 Å². The fourth-order valence-corrected chi connectivity index (χ4v) is 3.76. The van der Waals surface area contributed by atoms with Gasteiger partial charge in [-0.3, -0.25) is 9.79 Å². The summed E-state index contributed by atoms with van der Waals surface area (Å²) >= 11 is 0. The van der Waals surface area contributed by atoms with E-state index in [1.165, 1.54) is 19.4 Å². The summed E-state index contributed by atoms with van der Waals surface area (Å²) in [6.45, 7) is 5.56. The molecule has 7 nitrogen and oxygen atoms in total. The molecule has 182 valence electrons. The van der Waals surface area contributed by atoms with E-state index in [2.05, 4.69) is 17.4 Å². The van der Waals surface area contributed by atoms with Crippen molar-refractivity contribution >= 4 is 17.6 Å². The SMILES string of the molecule is CC(C)(OCC/N=C1\CCOCC1Cc1ccc(CC(=O)NCc2ccccc2)cc1)C(=O)O. The number of aliphatic imine (C=N–C) groups is 1. The fraction of sp³-hybridized carbons (Fsp3) is 0.444. The highest BCUT2D eigenvalue weighted by molar-refractivity contribution is 5.87. The number of aliphatic carboxylic acids is 1. The summed E-state index contributed by atoms with van der Waals surface area (Å²) in [7, 11) is 0. The summed E-state index contributed by atoms with van der Waals surface area (Å²) < 4.78 is 11.1. The normalized spacial score (nSPS) is 17.5. The molecule has 2 aromatic carbocycles. The molecule has 1 unspecified atom stereocenters. The zero-order valence-electron chi connectivity index (χ0n) is 20.0. The number of nitrogens with one attached hydrogen (secondary N) is 1. The second kappa shape index (κ2) is 12.4. The van der Waals surface area contributed by atoms with Crippen molar-refractivity contribution in [2.45, 2.75) is 45.3 Å². The van der Waals surface area contributed by atoms with Gasteiger partial charge in [0.05, 0.1) is 32.8 Å². The lowest BCUT2D eigenvalue weighted by molar-refractivity contribution is -0.160. The van der Waals surface area contributed by atoms with E-state index in [0.29, 0.717) is 32.7 Å². The number of carboxylic acids is 1. The lowest BCUT2D eigenvalue weighted by atomic mass is 9.91. The van der Waals surface area contributed by atoms with Gasteiger partial charge in [0.2, 0.25) is 5.91 Å². The first-order valence-corrected chi connectivity index (χ1v) is 11.7. The molecule has 1 aliphatic heterocycles. The molecule has 3 rings (SSSR count). The number of hydrogen-bond acceptors (Lipinski definition) is 5. The number of carbonyl (C=O) groups excluding carboxylic acids is 1. The Balaban J connectivity index is 1.48. The maximum Gasteiger partial charge on any atom is 0.335 e. The molecule has 1 atom stereocenters. The van der Waals surface area contributed by atoms with Crippen LogP contribution in [-0.4, -0.2) is 54.7 Å². The molecule has 1 aliphatic rings. The van der Waals surface area contributed by atoms with E-state index in [-0.39, 0.29) is 18.4 Å². The summed E-state index contributed by atoms with van der Waals surface area (Å²) in [4.78, 5) is 28.1. The summed E-state index contributed by atoms with van der Waals surface area (Å²) in [5.74, 6) is -0.803. The van der Waals surface area contributed by atoms with E-state index >= 15 is 0 Å². The predicted molar refractivity (Wildman–Crippen MR) is 131 cm³/mol. The van der Waals surface area contributed by atoms with Gasteiger partial charge in [-0.15, -0.1) is 0 Å². The van der Waals surface area contributed by atoms with E-state index in [0.717, 1.165) is 29.7 Å². The zero-order valence-corrected chi connectivity index (χ0v) is 20.0. The Kier molecular flexibility index (Phi) is 9.36. The van der Waals surface area contributed by atoms with E-state index in [1.807, 2.05) is 42.5 Å². The van der Waals surface area contributed by atoms with E-state index in [4.69, 9.17) is 19.6 Å². The van der Waals surface area contributed by atoms with Crippen molar-refractivity contribution < 1.29 is 24.2 Å². The van der Waals surface area contributed by atoms with E-state index < -0.39 is 11.6 Å². The summed E-state index contributed by atoms with van der Waals surface area (Å²) in [5.41, 5.74) is 3.10. The highest BCUT2D eigenvalue weighted by atomic mass is 16.5. The highest BCUT2D eigenvalue weighted by Crippen LogP contribution is 2.19. The van der Waals surface area contributed by atoms with Gasteiger partial charge in [0.15, 0.2) is 5.60 Å². The molecule has 7 heteroatoms. The van der Waals surface area contributed by atoms with Gasteiger partial charge in [-0.25, -0.2) is 4.79 Å². The van der Waals surface area contributed by atoms with E-state index in [1.54, 1.807) is 0 Å². The van der Waals surface area contributed by atoms with Gasteiger partial charge in [-0.05, 0) is 37.0 Å². The predicted octanol–water partition coefficient (Wildman–Crippen LogP) is 3.45. The number of amides is 1. The molecular weight excluding hydrogens is 432 g/mol. The minimum absolute atomic E-state index is 0.00000217. The molecule has 0 saturated carbocycles. The summed E-state index contributed by atoms with van der Waals surface area (Å²) in [5, 5.41) is 12.1. The number of carbonyl (C=O) groups is 2. The van der Waals surface area contributed by atoms with Crippen molar-refractivity contribution in [3.63, 3.8) is 0 Å². The van der Waals surface area contributed by atoms with Crippen LogP contribution in [0.5, 0.6) is 0 Å². The zero-order chi connectivity index (χ0) is 24.4. The van der Waals surface area contributed by atoms with Gasteiger partial charge in [0, 0.05) is 24.6 Å². The first-order chi connectivity index (χ1) is 16.3. The van der Waals surface area contributed by atoms with Crippen LogP contribution in [0.25, 0.3) is 0 Å². The van der Waals surface area contributed by atoms with Gasteiger partial charge in [0.1, 0.15) is 0 Å². The average Bonchev–Trinajstić information content (AvgIpc) is 2.83. The van der Waals surface area contributed by atoms with Crippen LogP contribution in [0.1, 0.15) is 37.0 Å². The van der Waals surface area contributed by atoms with Gasteiger partial charge in [-0.2, -0.15) is 0 Å². The number of rotatable bonds is 11. The molecule has 34 heavy (non-hydrogen) atoms. The number of benzene rings is 2. The van der Waals surface area contributed by atoms with Gasteiger partial charge in [0.25, 0.3) is 0 Å². The molecule has 1 heterocycles. The third-order valence-electron chi connectivity index (χ3n) is 5.88. The fourth-order valence-electron chi connectivity index (χ4n) is 3.76. The maximum absolute atomic E-state index is 12.3. The minimum atomic E-state index is -1.21. The molecule has 0 spiro atoms. The van der Waals surface area contributed by atoms with Crippen molar-refractivity contribution in [3.05, 3.63) is 71.3 Å². The van der Waals surface area contributed by atoms with Crippen LogP contribution in [0.3, 0.4) is 0 Å². The first kappa shape index (κ1) is 25.6. The van der Waals surface area contributed by atoms with Crippen LogP contribution >= 0.6 is 0 Å². The van der Waals surface area contributed by atoms with Gasteiger partial charge < -0.3 is 19.9 Å². The maximum atomic E-state index is 12.3.